The van der Waals surface area contributed by atoms with Gasteiger partial charge in [0.1, 0.15) is 24.4 Å². The van der Waals surface area contributed by atoms with E-state index in [0.717, 1.165) is 57.8 Å². The van der Waals surface area contributed by atoms with E-state index in [1.165, 1.54) is 83.5 Å². The zero-order chi connectivity index (χ0) is 36.0. The first-order valence-corrected chi connectivity index (χ1v) is 20.1. The van der Waals surface area contributed by atoms with Crippen molar-refractivity contribution in [1.82, 2.24) is 5.32 Å². The smallest absolute Gasteiger partial charge is 0.220 e. The van der Waals surface area contributed by atoms with Crippen molar-refractivity contribution in [1.29, 1.82) is 0 Å². The highest BCUT2D eigenvalue weighted by Crippen LogP contribution is 2.23. The van der Waals surface area contributed by atoms with Crippen molar-refractivity contribution in [3.05, 3.63) is 24.3 Å². The number of rotatable bonds is 32. The van der Waals surface area contributed by atoms with Crippen molar-refractivity contribution in [2.24, 2.45) is 0 Å². The van der Waals surface area contributed by atoms with Crippen molar-refractivity contribution in [3.8, 4) is 0 Å². The monoisotopic (exact) mass is 698 g/mol. The highest BCUT2D eigenvalue weighted by Gasteiger charge is 2.44. The molecule has 0 bridgehead atoms. The Morgan fingerprint density at radius 1 is 0.694 bits per heavy atom. The molecule has 0 aromatic heterocycles. The Morgan fingerprint density at radius 2 is 1.18 bits per heavy atom. The molecule has 7 atom stereocenters. The minimum atomic E-state index is -1.55. The van der Waals surface area contributed by atoms with Crippen molar-refractivity contribution in [2.75, 3.05) is 13.2 Å². The molecule has 1 rings (SSSR count). The van der Waals surface area contributed by atoms with Crippen molar-refractivity contribution < 1.29 is 39.8 Å². The molecule has 1 saturated heterocycles. The molecule has 0 spiro atoms. The number of hydrogen-bond donors (Lipinski definition) is 6. The highest BCUT2D eigenvalue weighted by molar-refractivity contribution is 5.76. The lowest BCUT2D eigenvalue weighted by Gasteiger charge is -2.40. The number of carbonyl (C=O) groups is 1. The molecular weight excluding hydrogens is 622 g/mol. The Labute approximate surface area is 298 Å². The van der Waals surface area contributed by atoms with E-state index in [4.69, 9.17) is 9.47 Å². The van der Waals surface area contributed by atoms with E-state index in [9.17, 15) is 30.3 Å². The second kappa shape index (κ2) is 31.4. The Morgan fingerprint density at radius 3 is 1.76 bits per heavy atom. The lowest BCUT2D eigenvalue weighted by molar-refractivity contribution is -0.302. The van der Waals surface area contributed by atoms with Crippen LogP contribution in [-0.2, 0) is 14.3 Å². The summed E-state index contributed by atoms with van der Waals surface area (Å²) in [4.78, 5) is 12.9. The Balaban J connectivity index is 2.41. The van der Waals surface area contributed by atoms with E-state index in [2.05, 4.69) is 43.5 Å². The van der Waals surface area contributed by atoms with E-state index in [-0.39, 0.29) is 12.5 Å². The van der Waals surface area contributed by atoms with Crippen LogP contribution in [0.15, 0.2) is 24.3 Å². The van der Waals surface area contributed by atoms with E-state index in [0.29, 0.717) is 12.8 Å². The maximum absolute atomic E-state index is 12.9. The molecule has 1 amide bonds. The SMILES string of the molecule is CCCCC/C=C\C=C/CCCCCCCCC(=O)NC(COC1OC(CO)C(O)C(O)C1O)C(O)CCCCCCCCCCCCC. The Bertz CT molecular complexity index is 822. The zero-order valence-corrected chi connectivity index (χ0v) is 31.2. The first-order chi connectivity index (χ1) is 23.8. The number of unbranched alkanes of at least 4 members (excludes halogenated alkanes) is 19. The average molecular weight is 698 g/mol. The summed E-state index contributed by atoms with van der Waals surface area (Å²) in [7, 11) is 0. The van der Waals surface area contributed by atoms with Crippen LogP contribution >= 0.6 is 0 Å². The lowest BCUT2D eigenvalue weighted by Crippen LogP contribution is -2.60. The molecule has 9 heteroatoms. The number of carbonyl (C=O) groups excluding carboxylic acids is 1. The summed E-state index contributed by atoms with van der Waals surface area (Å²) in [5.74, 6) is -0.159. The predicted octanol–water partition coefficient (Wildman–Crippen LogP) is 7.16. The molecule has 288 valence electrons. The zero-order valence-electron chi connectivity index (χ0n) is 31.2. The summed E-state index contributed by atoms with van der Waals surface area (Å²) in [6.45, 7) is 3.76. The van der Waals surface area contributed by atoms with E-state index >= 15 is 0 Å². The molecule has 9 nitrogen and oxygen atoms in total. The van der Waals surface area contributed by atoms with Gasteiger partial charge in [-0.15, -0.1) is 0 Å². The van der Waals surface area contributed by atoms with Crippen LogP contribution in [0.3, 0.4) is 0 Å². The van der Waals surface area contributed by atoms with Crippen LogP contribution in [0, 0.1) is 0 Å². The number of allylic oxidation sites excluding steroid dienone is 4. The molecule has 49 heavy (non-hydrogen) atoms. The van der Waals surface area contributed by atoms with Gasteiger partial charge in [-0.3, -0.25) is 4.79 Å². The van der Waals surface area contributed by atoms with E-state index in [1.807, 2.05) is 0 Å². The summed E-state index contributed by atoms with van der Waals surface area (Å²) in [6, 6.07) is -0.720. The van der Waals surface area contributed by atoms with Gasteiger partial charge in [0.25, 0.3) is 0 Å². The van der Waals surface area contributed by atoms with Gasteiger partial charge in [-0.2, -0.15) is 0 Å². The van der Waals surface area contributed by atoms with Gasteiger partial charge in [-0.05, 0) is 38.5 Å². The van der Waals surface area contributed by atoms with Gasteiger partial charge < -0.3 is 40.3 Å². The van der Waals surface area contributed by atoms with Gasteiger partial charge in [0, 0.05) is 6.42 Å². The van der Waals surface area contributed by atoms with Crippen LogP contribution in [0.4, 0.5) is 0 Å². The first kappa shape index (κ1) is 45.7. The normalized spacial score (nSPS) is 22.6. The summed E-state index contributed by atoms with van der Waals surface area (Å²) in [6.07, 6.45) is 27.5. The highest BCUT2D eigenvalue weighted by atomic mass is 16.7. The molecule has 0 radical (unpaired) electrons. The maximum atomic E-state index is 12.9. The van der Waals surface area contributed by atoms with Crippen molar-refractivity contribution >= 4 is 5.91 Å². The second-order valence-electron chi connectivity index (χ2n) is 14.1. The van der Waals surface area contributed by atoms with Gasteiger partial charge in [-0.1, -0.05) is 147 Å². The topological polar surface area (TPSA) is 149 Å². The fraction of sp³-hybridized carbons (Fsp3) is 0.875. The van der Waals surface area contributed by atoms with Crippen LogP contribution in [0.1, 0.15) is 168 Å². The average Bonchev–Trinajstić information content (AvgIpc) is 3.10. The maximum Gasteiger partial charge on any atom is 0.220 e. The number of aliphatic hydroxyl groups excluding tert-OH is 5. The third-order valence-electron chi connectivity index (χ3n) is 9.59. The summed E-state index contributed by atoms with van der Waals surface area (Å²) in [5, 5.41) is 54.1. The number of amides is 1. The van der Waals surface area contributed by atoms with E-state index in [1.54, 1.807) is 0 Å². The standard InChI is InChI=1S/C40H75NO8/c1-3-5-7-9-11-13-15-16-17-18-20-22-24-26-28-30-36(44)41-33(32-48-40-39(47)38(46)37(45)35(31-42)49-40)34(43)29-27-25-23-21-19-14-12-10-8-6-4-2/h11,13,15-16,33-35,37-40,42-43,45-47H,3-10,12,14,17-32H2,1-2H3,(H,41,44)/b13-11-,16-15-. The molecule has 1 aliphatic rings. The van der Waals surface area contributed by atoms with Crippen LogP contribution in [0.5, 0.6) is 0 Å². The first-order valence-electron chi connectivity index (χ1n) is 20.1. The van der Waals surface area contributed by atoms with Gasteiger partial charge in [-0.25, -0.2) is 0 Å². The largest absolute Gasteiger partial charge is 0.394 e. The van der Waals surface area contributed by atoms with Gasteiger partial charge in [0.05, 0.1) is 25.4 Å². The third kappa shape index (κ3) is 23.0. The van der Waals surface area contributed by atoms with Crippen LogP contribution < -0.4 is 5.32 Å². The molecule has 0 aliphatic carbocycles. The van der Waals surface area contributed by atoms with Crippen molar-refractivity contribution in [2.45, 2.75) is 211 Å². The fourth-order valence-electron chi connectivity index (χ4n) is 6.27. The van der Waals surface area contributed by atoms with Gasteiger partial charge in [0.15, 0.2) is 6.29 Å². The second-order valence-corrected chi connectivity index (χ2v) is 14.1. The third-order valence-corrected chi connectivity index (χ3v) is 9.59. The predicted molar refractivity (Wildman–Crippen MR) is 198 cm³/mol. The number of aliphatic hydroxyl groups is 5. The fourth-order valence-corrected chi connectivity index (χ4v) is 6.27. The molecular formula is C40H75NO8. The molecule has 0 saturated carbocycles. The van der Waals surface area contributed by atoms with Crippen LogP contribution in [-0.4, -0.2) is 87.5 Å². The molecule has 1 heterocycles. The molecule has 0 aromatic rings. The molecule has 1 fully saturated rings. The Hall–Kier alpha value is -1.33. The van der Waals surface area contributed by atoms with Crippen LogP contribution in [0.25, 0.3) is 0 Å². The van der Waals surface area contributed by atoms with E-state index < -0.39 is 49.5 Å². The lowest BCUT2D eigenvalue weighted by atomic mass is 9.99. The van der Waals surface area contributed by atoms with Gasteiger partial charge >= 0.3 is 0 Å². The van der Waals surface area contributed by atoms with Crippen LogP contribution in [0.2, 0.25) is 0 Å². The molecule has 1 aliphatic heterocycles. The molecule has 6 N–H and O–H groups in total. The Kier molecular flexibility index (Phi) is 29.3. The molecule has 0 aromatic carbocycles. The number of hydrogen-bond acceptors (Lipinski definition) is 8. The minimum absolute atomic E-state index is 0.142. The summed E-state index contributed by atoms with van der Waals surface area (Å²) >= 11 is 0. The summed E-state index contributed by atoms with van der Waals surface area (Å²) < 4.78 is 11.2. The minimum Gasteiger partial charge on any atom is -0.394 e. The van der Waals surface area contributed by atoms with Crippen molar-refractivity contribution in [3.63, 3.8) is 0 Å². The van der Waals surface area contributed by atoms with Gasteiger partial charge in [0.2, 0.25) is 5.91 Å². The quantitative estimate of drug-likeness (QED) is 0.0320. The summed E-state index contributed by atoms with van der Waals surface area (Å²) in [5.41, 5.74) is 0. The number of ether oxygens (including phenoxy) is 2. The molecule has 7 unspecified atom stereocenters. The number of nitrogens with one attached hydrogen (secondary N) is 1.